The molecule has 15 heteroatoms. The Kier molecular flexibility index (Phi) is 8.76. The second-order valence-corrected chi connectivity index (χ2v) is 10.3. The molecule has 2 aromatic carbocycles. The Bertz CT molecular complexity index is 1770. The van der Waals surface area contributed by atoms with Crippen LogP contribution in [0.4, 0.5) is 15.8 Å². The number of benzene rings is 2. The Morgan fingerprint density at radius 1 is 1.23 bits per heavy atom. The number of nitriles is 1. The van der Waals surface area contributed by atoms with Gasteiger partial charge in [-0.25, -0.2) is 14.4 Å². The number of rotatable bonds is 8. The Morgan fingerprint density at radius 3 is 2.75 bits per heavy atom. The largest absolute Gasteiger partial charge is 0.516 e. The summed E-state index contributed by atoms with van der Waals surface area (Å²) in [5, 5.41) is 20.4. The summed E-state index contributed by atoms with van der Waals surface area (Å²) in [7, 11) is 22.6. The van der Waals surface area contributed by atoms with Crippen molar-refractivity contribution in [1.82, 2.24) is 15.0 Å². The quantitative estimate of drug-likeness (QED) is 0.256. The highest BCUT2D eigenvalue weighted by molar-refractivity contribution is 6.58. The van der Waals surface area contributed by atoms with Crippen molar-refractivity contribution in [2.45, 2.75) is 23.8 Å². The van der Waals surface area contributed by atoms with Crippen molar-refractivity contribution in [3.8, 4) is 34.3 Å². The lowest BCUT2D eigenvalue weighted by Crippen LogP contribution is -2.39. The Balaban J connectivity index is 1.54. The SMILES string of the molecule is [B]c1ccc(F)c(-c2nccc(C(=O)Nc3ccc(-c4cnccc4C#N)cc3N3C[C@@H](N)C[C@H]3CO)n2)c1OC([B])([B])[B]. The Hall–Kier alpha value is -4.66. The third-order valence-electron chi connectivity index (χ3n) is 6.99. The van der Waals surface area contributed by atoms with E-state index in [1.807, 2.05) is 4.90 Å². The third-order valence-corrected chi connectivity index (χ3v) is 6.99. The van der Waals surface area contributed by atoms with Gasteiger partial charge in [0.05, 0.1) is 41.2 Å². The minimum absolute atomic E-state index is 0.0364. The summed E-state index contributed by atoms with van der Waals surface area (Å²) in [4.78, 5) is 27.9. The van der Waals surface area contributed by atoms with Crippen molar-refractivity contribution in [1.29, 1.82) is 5.26 Å². The van der Waals surface area contributed by atoms with E-state index in [2.05, 4.69) is 26.3 Å². The van der Waals surface area contributed by atoms with Crippen LogP contribution in [0, 0.1) is 17.1 Å². The van der Waals surface area contributed by atoms with Crippen LogP contribution in [0.3, 0.4) is 0 Å². The second-order valence-electron chi connectivity index (χ2n) is 10.3. The smallest absolute Gasteiger partial charge is 0.274 e. The van der Waals surface area contributed by atoms with E-state index in [0.29, 0.717) is 41.0 Å². The molecule has 44 heavy (non-hydrogen) atoms. The van der Waals surface area contributed by atoms with Gasteiger partial charge in [-0.2, -0.15) is 5.26 Å². The number of anilines is 2. The summed E-state index contributed by atoms with van der Waals surface area (Å²) in [6.07, 6.45) is 4.90. The zero-order valence-electron chi connectivity index (χ0n) is 23.3. The van der Waals surface area contributed by atoms with Crippen LogP contribution in [0.5, 0.6) is 5.75 Å². The van der Waals surface area contributed by atoms with Crippen molar-refractivity contribution in [2.24, 2.45) is 5.73 Å². The zero-order valence-corrected chi connectivity index (χ0v) is 23.3. The van der Waals surface area contributed by atoms with Gasteiger partial charge in [-0.15, -0.1) is 0 Å². The zero-order chi connectivity index (χ0) is 31.6. The molecule has 2 atom stereocenters. The molecule has 1 saturated heterocycles. The monoisotopic (exact) mass is 579 g/mol. The number of nitrogens with zero attached hydrogens (tertiary/aromatic N) is 5. The number of hydrogen-bond acceptors (Lipinski definition) is 9. The van der Waals surface area contributed by atoms with E-state index in [9.17, 15) is 15.2 Å². The van der Waals surface area contributed by atoms with Crippen LogP contribution in [0.1, 0.15) is 22.5 Å². The molecule has 4 N–H and O–H groups in total. The molecule has 5 rings (SSSR count). The van der Waals surface area contributed by atoms with Gasteiger partial charge in [0.2, 0.25) is 0 Å². The topological polar surface area (TPSA) is 150 Å². The van der Waals surface area contributed by atoms with Gasteiger partial charge in [0.25, 0.3) is 5.91 Å². The van der Waals surface area contributed by atoms with E-state index in [-0.39, 0.29) is 47.0 Å². The van der Waals surface area contributed by atoms with Crippen LogP contribution in [-0.2, 0) is 0 Å². The fourth-order valence-corrected chi connectivity index (χ4v) is 5.05. The van der Waals surface area contributed by atoms with Gasteiger partial charge in [-0.05, 0) is 47.6 Å². The molecule has 0 bridgehead atoms. The predicted molar refractivity (Wildman–Crippen MR) is 167 cm³/mol. The summed E-state index contributed by atoms with van der Waals surface area (Å²) in [5.74, 6) is -1.99. The average molecular weight is 579 g/mol. The summed E-state index contributed by atoms with van der Waals surface area (Å²) >= 11 is 0. The van der Waals surface area contributed by atoms with Crippen LogP contribution in [0.2, 0.25) is 0 Å². The normalized spacial score (nSPS) is 16.4. The van der Waals surface area contributed by atoms with Crippen LogP contribution in [0.15, 0.2) is 61.1 Å². The van der Waals surface area contributed by atoms with Crippen molar-refractivity contribution in [2.75, 3.05) is 23.4 Å². The van der Waals surface area contributed by atoms with E-state index < -0.39 is 17.0 Å². The molecule has 0 saturated carbocycles. The fraction of sp³-hybridized carbons (Fsp3) is 0.207. The molecule has 1 aliphatic heterocycles. The first-order valence-electron chi connectivity index (χ1n) is 13.4. The fourth-order valence-electron chi connectivity index (χ4n) is 5.05. The summed E-state index contributed by atoms with van der Waals surface area (Å²) in [5.41, 5.74) is 8.41. The summed E-state index contributed by atoms with van der Waals surface area (Å²) in [6, 6.07) is 12.1. The number of nitrogens with one attached hydrogen (secondary N) is 1. The van der Waals surface area contributed by atoms with Gasteiger partial charge in [0.15, 0.2) is 5.82 Å². The maximum atomic E-state index is 15.0. The van der Waals surface area contributed by atoms with Gasteiger partial charge >= 0.3 is 0 Å². The van der Waals surface area contributed by atoms with Gasteiger partial charge in [0.1, 0.15) is 48.6 Å². The lowest BCUT2D eigenvalue weighted by atomic mass is 9.52. The molecule has 210 valence electrons. The van der Waals surface area contributed by atoms with Crippen LogP contribution in [-0.4, -0.2) is 87.9 Å². The Morgan fingerprint density at radius 2 is 2.02 bits per heavy atom. The van der Waals surface area contributed by atoms with E-state index in [4.69, 9.17) is 41.9 Å². The van der Waals surface area contributed by atoms with E-state index in [1.54, 1.807) is 30.5 Å². The molecule has 4 aromatic rings. The van der Waals surface area contributed by atoms with Crippen molar-refractivity contribution in [3.63, 3.8) is 0 Å². The number of aliphatic hydroxyl groups excluding tert-OH is 1. The van der Waals surface area contributed by atoms with Gasteiger partial charge in [0, 0.05) is 36.7 Å². The van der Waals surface area contributed by atoms with E-state index >= 15 is 4.39 Å². The van der Waals surface area contributed by atoms with Crippen molar-refractivity contribution >= 4 is 54.1 Å². The first kappa shape index (κ1) is 30.8. The van der Waals surface area contributed by atoms with E-state index in [1.165, 1.54) is 24.5 Å². The molecule has 8 radical (unpaired) electrons. The van der Waals surface area contributed by atoms with E-state index in [0.717, 1.165) is 6.07 Å². The van der Waals surface area contributed by atoms with Gasteiger partial charge < -0.3 is 25.8 Å². The van der Waals surface area contributed by atoms with Crippen LogP contribution in [0.25, 0.3) is 22.5 Å². The lowest BCUT2D eigenvalue weighted by molar-refractivity contribution is 0.102. The second kappa shape index (κ2) is 12.5. The number of hydrogen-bond donors (Lipinski definition) is 3. The molecule has 0 unspecified atom stereocenters. The average Bonchev–Trinajstić information content (AvgIpc) is 3.39. The van der Waals surface area contributed by atoms with Gasteiger partial charge in [-0.1, -0.05) is 17.6 Å². The standard InChI is InChI=1S/C29H22B4FN7O3/c30-20-2-3-21(34)25(26(20)44-29(31,32)33)27-38-8-6-23(39-27)28(43)40-22-4-1-15(19-12-37-7-5-16(19)11-35)9-24(22)41-13-17(36)10-18(41)14-42/h1-9,12,17-18,42H,10,13-14,36H2,(H,40,43)/t17-,18-/m0/s1. The molecule has 1 amide bonds. The minimum Gasteiger partial charge on any atom is -0.516 e. The number of aromatic nitrogens is 3. The summed E-state index contributed by atoms with van der Waals surface area (Å²) in [6.45, 7) is 0.249. The molecular weight excluding hydrogens is 557 g/mol. The summed E-state index contributed by atoms with van der Waals surface area (Å²) < 4.78 is 20.3. The Labute approximate surface area is 258 Å². The molecule has 1 aliphatic rings. The number of nitrogens with two attached hydrogens (primary N) is 1. The lowest BCUT2D eigenvalue weighted by Gasteiger charge is -2.28. The number of amides is 1. The molecule has 1 fully saturated rings. The van der Waals surface area contributed by atoms with Gasteiger partial charge in [-0.3, -0.25) is 9.78 Å². The van der Waals surface area contributed by atoms with Crippen molar-refractivity contribution < 1.29 is 19.0 Å². The number of carbonyl (C=O) groups is 1. The number of aliphatic hydroxyl groups is 1. The molecular formula is C29H22B4FN7O3. The number of halogens is 1. The number of carbonyl (C=O) groups excluding carboxylic acids is 1. The minimum atomic E-state index is -2.19. The molecule has 2 aromatic heterocycles. The number of pyridine rings is 1. The van der Waals surface area contributed by atoms with Crippen molar-refractivity contribution in [3.05, 3.63) is 78.1 Å². The maximum absolute atomic E-state index is 15.0. The molecule has 10 nitrogen and oxygen atoms in total. The molecule has 3 heterocycles. The predicted octanol–water partition coefficient (Wildman–Crippen LogP) is 0.656. The van der Waals surface area contributed by atoms with Crippen LogP contribution < -0.4 is 26.2 Å². The first-order valence-corrected chi connectivity index (χ1v) is 13.4. The molecule has 0 aliphatic carbocycles. The third kappa shape index (κ3) is 6.46. The highest BCUT2D eigenvalue weighted by Crippen LogP contribution is 2.37. The molecule has 0 spiro atoms. The van der Waals surface area contributed by atoms with Crippen LogP contribution >= 0.6 is 0 Å². The maximum Gasteiger partial charge on any atom is 0.274 e. The highest BCUT2D eigenvalue weighted by atomic mass is 19.1. The number of ether oxygens (including phenoxy) is 1. The highest BCUT2D eigenvalue weighted by Gasteiger charge is 2.32. The first-order chi connectivity index (χ1) is 21.0.